The minimum atomic E-state index is -2.24. The van der Waals surface area contributed by atoms with E-state index in [1.807, 2.05) is 12.1 Å². The second-order valence-electron chi connectivity index (χ2n) is 9.61. The molecule has 0 heterocycles. The second-order valence-corrected chi connectivity index (χ2v) is 9.61. The number of aromatic hydroxyl groups is 1. The minimum Gasteiger partial charge on any atom is -0.507 e. The maximum atomic E-state index is 11.0. The molecule has 0 aliphatic heterocycles. The SMILES string of the molecule is [2H]C([2H])(CC)C([2H])([2H])COc1cc2c(cc1-c1cc(/C=C/C(=O)O)ccc1O)C(C)(C)CCC2(C)C. The summed E-state index contributed by atoms with van der Waals surface area (Å²) in [5, 5.41) is 19.8. The Labute approximate surface area is 197 Å². The van der Waals surface area contributed by atoms with Crippen LogP contribution >= 0.6 is 0 Å². The van der Waals surface area contributed by atoms with Crippen LogP contribution in [0.3, 0.4) is 0 Å². The standard InChI is InChI=1S/C28H36O4/c1-6-7-8-15-32-25-18-23-22(27(2,3)13-14-28(23,4)5)17-21(25)20-16-19(9-11-24(20)29)10-12-26(30)31/h9-12,16-18,29H,6-8,13-15H2,1-5H3,(H,30,31)/b12-10+/i7D2,8D2. The molecule has 0 bridgehead atoms. The summed E-state index contributed by atoms with van der Waals surface area (Å²) in [6.45, 7) is 9.77. The van der Waals surface area contributed by atoms with E-state index in [0.29, 0.717) is 22.4 Å². The van der Waals surface area contributed by atoms with Crippen molar-refractivity contribution in [1.29, 1.82) is 0 Å². The molecule has 0 unspecified atom stereocenters. The molecule has 1 aliphatic carbocycles. The molecule has 1 aliphatic rings. The molecule has 4 nitrogen and oxygen atoms in total. The van der Waals surface area contributed by atoms with Crippen LogP contribution in [0, 0.1) is 0 Å². The smallest absolute Gasteiger partial charge is 0.328 e. The quantitative estimate of drug-likeness (QED) is 0.431. The van der Waals surface area contributed by atoms with Crippen molar-refractivity contribution < 1.29 is 25.2 Å². The average molecular weight is 441 g/mol. The number of phenolic OH excluding ortho intramolecular Hbond substituents is 1. The largest absolute Gasteiger partial charge is 0.507 e. The Morgan fingerprint density at radius 3 is 2.34 bits per heavy atom. The normalized spacial score (nSPS) is 19.4. The Balaban J connectivity index is 2.22. The molecule has 0 saturated heterocycles. The highest BCUT2D eigenvalue weighted by molar-refractivity contribution is 5.86. The Kier molecular flexibility index (Phi) is 5.52. The number of hydrogen-bond acceptors (Lipinski definition) is 3. The van der Waals surface area contributed by atoms with Crippen LogP contribution < -0.4 is 4.74 Å². The minimum absolute atomic E-state index is 0.000368. The first-order chi connectivity index (χ1) is 16.5. The van der Waals surface area contributed by atoms with Crippen LogP contribution in [0.25, 0.3) is 17.2 Å². The lowest BCUT2D eigenvalue weighted by atomic mass is 9.62. The number of hydrogen-bond donors (Lipinski definition) is 2. The summed E-state index contributed by atoms with van der Waals surface area (Å²) in [5.74, 6) is -0.754. The first-order valence-corrected chi connectivity index (χ1v) is 11.1. The molecule has 2 aromatic rings. The molecule has 0 fully saturated rings. The number of carbonyl (C=O) groups is 1. The van der Waals surface area contributed by atoms with E-state index >= 15 is 0 Å². The first-order valence-electron chi connectivity index (χ1n) is 13.1. The van der Waals surface area contributed by atoms with Gasteiger partial charge in [0.15, 0.2) is 0 Å². The molecular weight excluding hydrogens is 400 g/mol. The van der Waals surface area contributed by atoms with Crippen LogP contribution in [0.15, 0.2) is 36.4 Å². The van der Waals surface area contributed by atoms with Crippen LogP contribution in [0.5, 0.6) is 11.5 Å². The van der Waals surface area contributed by atoms with E-state index in [4.69, 9.17) is 15.3 Å². The van der Waals surface area contributed by atoms with Gasteiger partial charge >= 0.3 is 5.97 Å². The summed E-state index contributed by atoms with van der Waals surface area (Å²) in [4.78, 5) is 11.0. The van der Waals surface area contributed by atoms with Gasteiger partial charge in [-0.15, -0.1) is 0 Å². The summed E-state index contributed by atoms with van der Waals surface area (Å²) in [6, 6.07) is 8.66. The maximum Gasteiger partial charge on any atom is 0.328 e. The fourth-order valence-corrected chi connectivity index (χ4v) is 4.25. The summed E-state index contributed by atoms with van der Waals surface area (Å²) in [6.07, 6.45) is 0.0780. The van der Waals surface area contributed by atoms with Gasteiger partial charge in [-0.05, 0) is 77.1 Å². The van der Waals surface area contributed by atoms with Crippen molar-refractivity contribution >= 4 is 12.0 Å². The van der Waals surface area contributed by atoms with Crippen LogP contribution in [0.4, 0.5) is 0 Å². The zero-order chi connectivity index (χ0) is 27.1. The molecule has 3 rings (SSSR count). The van der Waals surface area contributed by atoms with Crippen LogP contribution in [0.2, 0.25) is 0 Å². The number of ether oxygens (including phenoxy) is 1. The third kappa shape index (κ3) is 5.17. The van der Waals surface area contributed by atoms with Gasteiger partial charge in [-0.25, -0.2) is 4.79 Å². The fourth-order valence-electron chi connectivity index (χ4n) is 4.25. The fraction of sp³-hybridized carbons (Fsp3) is 0.464. The molecule has 0 atom stereocenters. The van der Waals surface area contributed by atoms with Crippen molar-refractivity contribution in [3.63, 3.8) is 0 Å². The van der Waals surface area contributed by atoms with Crippen LogP contribution in [-0.4, -0.2) is 22.8 Å². The summed E-state index contributed by atoms with van der Waals surface area (Å²) in [7, 11) is 0. The number of rotatable bonds is 8. The Bertz CT molecular complexity index is 1180. The van der Waals surface area contributed by atoms with E-state index in [1.165, 1.54) is 12.1 Å². The molecule has 4 heteroatoms. The first kappa shape index (κ1) is 18.8. The second kappa shape index (κ2) is 9.40. The number of phenols is 1. The van der Waals surface area contributed by atoms with Crippen molar-refractivity contribution in [2.24, 2.45) is 0 Å². The predicted octanol–water partition coefficient (Wildman–Crippen LogP) is 7.08. The molecule has 32 heavy (non-hydrogen) atoms. The third-order valence-corrected chi connectivity index (χ3v) is 6.28. The lowest BCUT2D eigenvalue weighted by Crippen LogP contribution is -2.34. The van der Waals surface area contributed by atoms with E-state index in [9.17, 15) is 9.90 Å². The van der Waals surface area contributed by atoms with Crippen molar-refractivity contribution in [1.82, 2.24) is 0 Å². The van der Waals surface area contributed by atoms with Gasteiger partial charge in [0.2, 0.25) is 0 Å². The number of carboxylic acid groups (broad SMARTS) is 1. The van der Waals surface area contributed by atoms with Gasteiger partial charge in [-0.1, -0.05) is 53.5 Å². The lowest BCUT2D eigenvalue weighted by molar-refractivity contribution is -0.131. The number of aliphatic carboxylic acids is 1. The van der Waals surface area contributed by atoms with E-state index in [2.05, 4.69) is 27.7 Å². The highest BCUT2D eigenvalue weighted by Crippen LogP contribution is 2.50. The summed E-state index contributed by atoms with van der Waals surface area (Å²) < 4.78 is 38.8. The van der Waals surface area contributed by atoms with Crippen molar-refractivity contribution in [3.8, 4) is 22.6 Å². The van der Waals surface area contributed by atoms with Gasteiger partial charge in [0.25, 0.3) is 0 Å². The highest BCUT2D eigenvalue weighted by Gasteiger charge is 2.38. The number of benzene rings is 2. The molecule has 0 amide bonds. The average Bonchev–Trinajstić information content (AvgIpc) is 2.79. The predicted molar refractivity (Wildman–Crippen MR) is 131 cm³/mol. The Morgan fingerprint density at radius 2 is 1.72 bits per heavy atom. The van der Waals surface area contributed by atoms with Gasteiger partial charge in [0, 0.05) is 22.7 Å². The van der Waals surface area contributed by atoms with Gasteiger partial charge < -0.3 is 14.9 Å². The zero-order valence-corrected chi connectivity index (χ0v) is 19.6. The van der Waals surface area contributed by atoms with E-state index in [1.54, 1.807) is 19.1 Å². The van der Waals surface area contributed by atoms with E-state index in [0.717, 1.165) is 30.0 Å². The Morgan fingerprint density at radius 1 is 1.06 bits per heavy atom. The van der Waals surface area contributed by atoms with Crippen molar-refractivity contribution in [2.75, 3.05) is 6.61 Å². The van der Waals surface area contributed by atoms with E-state index in [-0.39, 0.29) is 23.0 Å². The molecule has 0 saturated carbocycles. The summed E-state index contributed by atoms with van der Waals surface area (Å²) >= 11 is 0. The lowest BCUT2D eigenvalue weighted by Gasteiger charge is -2.42. The molecule has 172 valence electrons. The maximum absolute atomic E-state index is 11.0. The molecule has 0 spiro atoms. The van der Waals surface area contributed by atoms with Crippen LogP contribution in [0.1, 0.15) is 88.8 Å². The van der Waals surface area contributed by atoms with Crippen LogP contribution in [-0.2, 0) is 15.6 Å². The zero-order valence-electron chi connectivity index (χ0n) is 23.6. The molecular formula is C28H36O4. The molecule has 0 aromatic heterocycles. The van der Waals surface area contributed by atoms with Gasteiger partial charge in [0.1, 0.15) is 11.5 Å². The Hall–Kier alpha value is -2.75. The number of carboxylic acids is 1. The molecule has 2 aromatic carbocycles. The van der Waals surface area contributed by atoms with Gasteiger partial charge in [-0.2, -0.15) is 0 Å². The van der Waals surface area contributed by atoms with Crippen molar-refractivity contribution in [2.45, 2.75) is 77.5 Å². The van der Waals surface area contributed by atoms with E-state index < -0.39 is 25.3 Å². The van der Waals surface area contributed by atoms with Gasteiger partial charge in [-0.3, -0.25) is 0 Å². The summed E-state index contributed by atoms with van der Waals surface area (Å²) in [5.41, 5.74) is 3.47. The number of fused-ring (bicyclic) bond motifs is 1. The highest BCUT2D eigenvalue weighted by atomic mass is 16.5. The van der Waals surface area contributed by atoms with Gasteiger partial charge in [0.05, 0.1) is 6.61 Å². The topological polar surface area (TPSA) is 66.8 Å². The third-order valence-electron chi connectivity index (χ3n) is 6.28. The van der Waals surface area contributed by atoms with Crippen molar-refractivity contribution in [3.05, 3.63) is 53.1 Å². The molecule has 0 radical (unpaired) electrons. The monoisotopic (exact) mass is 440 g/mol. The molecule has 2 N–H and O–H groups in total.